The van der Waals surface area contributed by atoms with Crippen LogP contribution in [0.5, 0.6) is 0 Å². The summed E-state index contributed by atoms with van der Waals surface area (Å²) < 4.78 is 2.63. The fraction of sp³-hybridized carbons (Fsp3) is 0.182. The molecule has 1 aromatic carbocycles. The van der Waals surface area contributed by atoms with Crippen molar-refractivity contribution in [3.63, 3.8) is 0 Å². The quantitative estimate of drug-likeness (QED) is 0.494. The van der Waals surface area contributed by atoms with Crippen molar-refractivity contribution in [3.05, 3.63) is 47.6 Å². The minimum absolute atomic E-state index is 0.815. The Bertz CT molecular complexity index is 443. The summed E-state index contributed by atoms with van der Waals surface area (Å²) >= 11 is 0. The van der Waals surface area contributed by atoms with Gasteiger partial charge in [0.1, 0.15) is 6.20 Å². The van der Waals surface area contributed by atoms with Gasteiger partial charge >= 0.3 is 0 Å². The fourth-order valence-corrected chi connectivity index (χ4v) is 1.48. The average Bonchev–Trinajstić information content (AvgIpc) is 2.47. The zero-order valence-corrected chi connectivity index (χ0v) is 8.27. The van der Waals surface area contributed by atoms with Gasteiger partial charge in [0, 0.05) is 5.56 Å². The minimum Gasteiger partial charge on any atom is -0.711 e. The Kier molecular flexibility index (Phi) is 2.00. The summed E-state index contributed by atoms with van der Waals surface area (Å²) in [5.74, 6) is 0. The first-order valence-electron chi connectivity index (χ1n) is 4.49. The second-order valence-electron chi connectivity index (χ2n) is 3.47. The van der Waals surface area contributed by atoms with Gasteiger partial charge in [-0.25, -0.2) is 9.30 Å². The van der Waals surface area contributed by atoms with E-state index in [1.807, 2.05) is 42.8 Å². The molecule has 0 aliphatic carbocycles. The molecule has 0 radical (unpaired) electrons. The number of rotatable bonds is 1. The molecular weight excluding hydrogens is 176 g/mol. The Morgan fingerprint density at radius 1 is 1.21 bits per heavy atom. The summed E-state index contributed by atoms with van der Waals surface area (Å²) in [6, 6.07) is 8.12. The molecule has 0 N–H and O–H groups in total. The van der Waals surface area contributed by atoms with E-state index >= 15 is 0 Å². The second kappa shape index (κ2) is 3.18. The Morgan fingerprint density at radius 2 is 1.86 bits per heavy atom. The number of benzene rings is 1. The van der Waals surface area contributed by atoms with Gasteiger partial charge in [-0.2, -0.15) is 0 Å². The number of aromatic nitrogens is 2. The highest BCUT2D eigenvalue weighted by molar-refractivity contribution is 5.58. The van der Waals surface area contributed by atoms with Crippen LogP contribution in [-0.2, 0) is 7.05 Å². The molecule has 3 nitrogen and oxygen atoms in total. The molecule has 72 valence electrons. The van der Waals surface area contributed by atoms with Gasteiger partial charge in [-0.3, -0.25) is 0 Å². The monoisotopic (exact) mass is 188 g/mol. The Morgan fingerprint density at radius 3 is 2.36 bits per heavy atom. The van der Waals surface area contributed by atoms with Gasteiger partial charge in [0.15, 0.2) is 5.69 Å². The molecule has 0 fully saturated rings. The van der Waals surface area contributed by atoms with Crippen LogP contribution in [0.3, 0.4) is 0 Å². The number of imidazole rings is 1. The SMILES string of the molecule is Cc1ccc(-c2c[n+]([O-])cn2C)cc1. The van der Waals surface area contributed by atoms with Gasteiger partial charge < -0.3 is 5.21 Å². The highest BCUT2D eigenvalue weighted by Gasteiger charge is 2.08. The van der Waals surface area contributed by atoms with E-state index in [2.05, 4.69) is 0 Å². The van der Waals surface area contributed by atoms with Gasteiger partial charge in [-0.05, 0) is 6.92 Å². The lowest BCUT2D eigenvalue weighted by molar-refractivity contribution is -0.604. The molecule has 3 heteroatoms. The molecule has 0 aliphatic rings. The standard InChI is InChI=1S/C11H12N2O/c1-9-3-5-10(6-4-9)11-7-13(14)8-12(11)2/h3-8H,1-2H3. The topological polar surface area (TPSA) is 31.9 Å². The molecule has 0 bridgehead atoms. The molecule has 0 spiro atoms. The fourth-order valence-electron chi connectivity index (χ4n) is 1.48. The Hall–Kier alpha value is -1.77. The average molecular weight is 188 g/mol. The summed E-state index contributed by atoms with van der Waals surface area (Å²) in [7, 11) is 1.86. The predicted octanol–water partition coefficient (Wildman–Crippen LogP) is 1.63. The molecule has 2 aromatic rings. The first-order valence-corrected chi connectivity index (χ1v) is 4.49. The summed E-state index contributed by atoms with van der Waals surface area (Å²) in [6.45, 7) is 2.04. The predicted molar refractivity (Wildman–Crippen MR) is 54.5 cm³/mol. The van der Waals surface area contributed by atoms with E-state index < -0.39 is 0 Å². The van der Waals surface area contributed by atoms with Crippen molar-refractivity contribution in [2.24, 2.45) is 7.05 Å². The van der Waals surface area contributed by atoms with Crippen molar-refractivity contribution in [3.8, 4) is 11.3 Å². The minimum atomic E-state index is 0.815. The van der Waals surface area contributed by atoms with Gasteiger partial charge in [0.2, 0.25) is 6.33 Å². The van der Waals surface area contributed by atoms with Gasteiger partial charge in [-0.1, -0.05) is 29.8 Å². The maximum absolute atomic E-state index is 11.0. The van der Waals surface area contributed by atoms with E-state index in [-0.39, 0.29) is 0 Å². The van der Waals surface area contributed by atoms with Crippen molar-refractivity contribution in [2.75, 3.05) is 0 Å². The van der Waals surface area contributed by atoms with Crippen LogP contribution in [-0.4, -0.2) is 4.57 Å². The van der Waals surface area contributed by atoms with Crippen LogP contribution >= 0.6 is 0 Å². The molecule has 1 heterocycles. The number of hydrogen-bond acceptors (Lipinski definition) is 1. The van der Waals surface area contributed by atoms with Gasteiger partial charge in [0.25, 0.3) is 0 Å². The zero-order valence-electron chi connectivity index (χ0n) is 8.27. The molecular formula is C11H12N2O. The normalized spacial score (nSPS) is 10.4. The lowest BCUT2D eigenvalue weighted by Crippen LogP contribution is -2.21. The highest BCUT2D eigenvalue weighted by atomic mass is 16.5. The van der Waals surface area contributed by atoms with E-state index in [1.165, 1.54) is 11.9 Å². The maximum atomic E-state index is 11.0. The van der Waals surface area contributed by atoms with E-state index in [0.29, 0.717) is 0 Å². The third-order valence-electron chi connectivity index (χ3n) is 2.26. The largest absolute Gasteiger partial charge is 0.711 e. The summed E-state index contributed by atoms with van der Waals surface area (Å²) in [6.07, 6.45) is 3.08. The van der Waals surface area contributed by atoms with Crippen molar-refractivity contribution in [1.29, 1.82) is 0 Å². The Labute approximate surface area is 82.8 Å². The third-order valence-corrected chi connectivity index (χ3v) is 2.26. The molecule has 14 heavy (non-hydrogen) atoms. The molecule has 0 unspecified atom stereocenters. The van der Waals surface area contributed by atoms with Crippen LogP contribution in [0.1, 0.15) is 5.56 Å². The van der Waals surface area contributed by atoms with E-state index in [1.54, 1.807) is 6.20 Å². The molecule has 2 rings (SSSR count). The van der Waals surface area contributed by atoms with Crippen molar-refractivity contribution >= 4 is 0 Å². The van der Waals surface area contributed by atoms with Crippen LogP contribution in [0.15, 0.2) is 36.8 Å². The van der Waals surface area contributed by atoms with Crippen LogP contribution in [0.4, 0.5) is 0 Å². The van der Waals surface area contributed by atoms with E-state index in [4.69, 9.17) is 0 Å². The van der Waals surface area contributed by atoms with Crippen LogP contribution in [0.2, 0.25) is 0 Å². The molecule has 0 saturated heterocycles. The molecule has 0 saturated carbocycles. The summed E-state index contributed by atoms with van der Waals surface area (Å²) in [5.41, 5.74) is 3.21. The van der Waals surface area contributed by atoms with Crippen LogP contribution in [0.25, 0.3) is 11.3 Å². The lowest BCUT2D eigenvalue weighted by atomic mass is 10.1. The maximum Gasteiger partial charge on any atom is 0.247 e. The van der Waals surface area contributed by atoms with Crippen molar-refractivity contribution < 1.29 is 4.73 Å². The summed E-state index contributed by atoms with van der Waals surface area (Å²) in [4.78, 5) is 0. The van der Waals surface area contributed by atoms with Crippen molar-refractivity contribution in [1.82, 2.24) is 4.57 Å². The lowest BCUT2D eigenvalue weighted by Gasteiger charge is -1.97. The third kappa shape index (κ3) is 1.48. The van der Waals surface area contributed by atoms with Gasteiger partial charge in [-0.15, -0.1) is 0 Å². The zero-order chi connectivity index (χ0) is 10.1. The molecule has 0 aliphatic heterocycles. The molecule has 0 atom stereocenters. The number of aryl methyl sites for hydroxylation is 2. The van der Waals surface area contributed by atoms with Crippen LogP contribution < -0.4 is 4.73 Å². The van der Waals surface area contributed by atoms with Crippen LogP contribution in [0, 0.1) is 12.1 Å². The first kappa shape index (κ1) is 8.81. The first-order chi connectivity index (χ1) is 6.66. The Balaban J connectivity index is 2.49. The second-order valence-corrected chi connectivity index (χ2v) is 3.47. The summed E-state index contributed by atoms with van der Waals surface area (Å²) in [5, 5.41) is 11.0. The van der Waals surface area contributed by atoms with Crippen molar-refractivity contribution in [2.45, 2.75) is 6.92 Å². The molecule has 0 amide bonds. The smallest absolute Gasteiger partial charge is 0.247 e. The molecule has 1 aromatic heterocycles. The van der Waals surface area contributed by atoms with E-state index in [9.17, 15) is 5.21 Å². The number of hydrogen-bond donors (Lipinski definition) is 0. The number of nitrogens with zero attached hydrogens (tertiary/aromatic N) is 2. The highest BCUT2D eigenvalue weighted by Crippen LogP contribution is 2.17. The van der Waals surface area contributed by atoms with E-state index in [0.717, 1.165) is 16.0 Å². The van der Waals surface area contributed by atoms with Gasteiger partial charge in [0.05, 0.1) is 7.05 Å².